The Hall–Kier alpha value is -1.19. The highest BCUT2D eigenvalue weighted by Crippen LogP contribution is 2.18. The molecule has 3 heteroatoms. The minimum absolute atomic E-state index is 0.0284. The van der Waals surface area contributed by atoms with Crippen LogP contribution in [0, 0.1) is 12.7 Å². The fourth-order valence-electron chi connectivity index (χ4n) is 2.30. The molecule has 0 fully saturated rings. The van der Waals surface area contributed by atoms with E-state index in [0.717, 1.165) is 17.3 Å². The molecule has 106 valence electrons. The van der Waals surface area contributed by atoms with E-state index < -0.39 is 0 Å². The SMILES string of the molecule is Cc1cccc(CCC(N)Cc2cc(Br)ccc2F)c1. The van der Waals surface area contributed by atoms with E-state index in [9.17, 15) is 4.39 Å². The zero-order valence-electron chi connectivity index (χ0n) is 11.6. The Morgan fingerprint density at radius 3 is 2.75 bits per heavy atom. The zero-order valence-corrected chi connectivity index (χ0v) is 13.2. The highest BCUT2D eigenvalue weighted by Gasteiger charge is 2.09. The molecule has 0 radical (unpaired) electrons. The Labute approximate surface area is 128 Å². The van der Waals surface area contributed by atoms with Crippen molar-refractivity contribution >= 4 is 15.9 Å². The summed E-state index contributed by atoms with van der Waals surface area (Å²) < 4.78 is 14.6. The van der Waals surface area contributed by atoms with Crippen LogP contribution in [0.15, 0.2) is 46.9 Å². The summed E-state index contributed by atoms with van der Waals surface area (Å²) >= 11 is 3.36. The molecule has 0 heterocycles. The molecule has 0 amide bonds. The largest absolute Gasteiger partial charge is 0.327 e. The molecule has 0 aromatic heterocycles. The van der Waals surface area contributed by atoms with Gasteiger partial charge in [0.05, 0.1) is 0 Å². The van der Waals surface area contributed by atoms with Gasteiger partial charge in [-0.15, -0.1) is 0 Å². The van der Waals surface area contributed by atoms with Crippen LogP contribution in [0.25, 0.3) is 0 Å². The van der Waals surface area contributed by atoms with Crippen LogP contribution in [0.1, 0.15) is 23.1 Å². The van der Waals surface area contributed by atoms with Crippen molar-refractivity contribution in [3.63, 3.8) is 0 Å². The minimum Gasteiger partial charge on any atom is -0.327 e. The maximum atomic E-state index is 13.7. The van der Waals surface area contributed by atoms with Crippen molar-refractivity contribution in [2.24, 2.45) is 5.73 Å². The van der Waals surface area contributed by atoms with Gasteiger partial charge in [0.15, 0.2) is 0 Å². The Kier molecular flexibility index (Phi) is 5.32. The predicted octanol–water partition coefficient (Wildman–Crippen LogP) is 4.40. The van der Waals surface area contributed by atoms with Crippen molar-refractivity contribution < 1.29 is 4.39 Å². The number of aryl methyl sites for hydroxylation is 2. The normalized spacial score (nSPS) is 12.4. The van der Waals surface area contributed by atoms with Gasteiger partial charge in [-0.25, -0.2) is 4.39 Å². The first kappa shape index (κ1) is 15.2. The molecule has 2 N–H and O–H groups in total. The standard InChI is InChI=1S/C17H19BrFN/c1-12-3-2-4-13(9-12)5-7-16(20)11-14-10-15(18)6-8-17(14)19/h2-4,6,8-10,16H,5,7,11,20H2,1H3. The molecule has 1 unspecified atom stereocenters. The monoisotopic (exact) mass is 335 g/mol. The van der Waals surface area contributed by atoms with Crippen molar-refractivity contribution in [1.29, 1.82) is 0 Å². The average molecular weight is 336 g/mol. The smallest absolute Gasteiger partial charge is 0.126 e. The van der Waals surface area contributed by atoms with Crippen molar-refractivity contribution in [2.75, 3.05) is 0 Å². The van der Waals surface area contributed by atoms with E-state index in [0.29, 0.717) is 12.0 Å². The van der Waals surface area contributed by atoms with Crippen LogP contribution in [0.5, 0.6) is 0 Å². The Morgan fingerprint density at radius 1 is 1.20 bits per heavy atom. The van der Waals surface area contributed by atoms with Crippen LogP contribution in [0.4, 0.5) is 4.39 Å². The first-order valence-corrected chi connectivity index (χ1v) is 7.59. The lowest BCUT2D eigenvalue weighted by Crippen LogP contribution is -2.24. The highest BCUT2D eigenvalue weighted by atomic mass is 79.9. The van der Waals surface area contributed by atoms with Gasteiger partial charge in [-0.05, 0) is 55.5 Å². The van der Waals surface area contributed by atoms with Crippen LogP contribution in [0.3, 0.4) is 0 Å². The number of benzene rings is 2. The number of rotatable bonds is 5. The van der Waals surface area contributed by atoms with Crippen molar-refractivity contribution in [3.05, 3.63) is 69.4 Å². The molecule has 2 aromatic carbocycles. The van der Waals surface area contributed by atoms with Crippen LogP contribution < -0.4 is 5.73 Å². The maximum Gasteiger partial charge on any atom is 0.126 e. The number of hydrogen-bond acceptors (Lipinski definition) is 1. The van der Waals surface area contributed by atoms with Crippen molar-refractivity contribution in [2.45, 2.75) is 32.2 Å². The third-order valence-electron chi connectivity index (χ3n) is 3.38. The van der Waals surface area contributed by atoms with Gasteiger partial charge in [-0.3, -0.25) is 0 Å². The van der Waals surface area contributed by atoms with Gasteiger partial charge in [0.2, 0.25) is 0 Å². The van der Waals surface area contributed by atoms with E-state index >= 15 is 0 Å². The Bertz CT molecular complexity index is 583. The molecule has 0 saturated heterocycles. The minimum atomic E-state index is -0.181. The average Bonchev–Trinajstić information content (AvgIpc) is 2.41. The van der Waals surface area contributed by atoms with Gasteiger partial charge < -0.3 is 5.73 Å². The molecule has 0 saturated carbocycles. The first-order valence-electron chi connectivity index (χ1n) is 6.79. The first-order chi connectivity index (χ1) is 9.54. The van der Waals surface area contributed by atoms with Gasteiger partial charge >= 0.3 is 0 Å². The molecule has 0 bridgehead atoms. The quantitative estimate of drug-likeness (QED) is 0.860. The molecular weight excluding hydrogens is 317 g/mol. The molecular formula is C17H19BrFN. The summed E-state index contributed by atoms with van der Waals surface area (Å²) in [7, 11) is 0. The summed E-state index contributed by atoms with van der Waals surface area (Å²) in [5.41, 5.74) is 9.35. The number of nitrogens with two attached hydrogens (primary N) is 1. The lowest BCUT2D eigenvalue weighted by molar-refractivity contribution is 0.566. The molecule has 0 aliphatic rings. The second-order valence-corrected chi connectivity index (χ2v) is 6.14. The molecule has 20 heavy (non-hydrogen) atoms. The van der Waals surface area contributed by atoms with Gasteiger partial charge in [-0.2, -0.15) is 0 Å². The third kappa shape index (κ3) is 4.43. The maximum absolute atomic E-state index is 13.7. The van der Waals surface area contributed by atoms with E-state index in [1.54, 1.807) is 6.07 Å². The Balaban J connectivity index is 1.92. The zero-order chi connectivity index (χ0) is 14.5. The fourth-order valence-corrected chi connectivity index (χ4v) is 2.71. The highest BCUT2D eigenvalue weighted by molar-refractivity contribution is 9.10. The van der Waals surface area contributed by atoms with Gasteiger partial charge in [0.25, 0.3) is 0 Å². The molecule has 2 aromatic rings. The van der Waals surface area contributed by atoms with Gasteiger partial charge in [-0.1, -0.05) is 45.8 Å². The molecule has 0 aliphatic heterocycles. The van der Waals surface area contributed by atoms with Gasteiger partial charge in [0.1, 0.15) is 5.82 Å². The summed E-state index contributed by atoms with van der Waals surface area (Å²) in [6.07, 6.45) is 2.35. The van der Waals surface area contributed by atoms with Crippen LogP contribution in [-0.4, -0.2) is 6.04 Å². The van der Waals surface area contributed by atoms with Crippen LogP contribution in [-0.2, 0) is 12.8 Å². The van der Waals surface area contributed by atoms with E-state index in [4.69, 9.17) is 5.73 Å². The van der Waals surface area contributed by atoms with E-state index in [2.05, 4.69) is 47.1 Å². The lowest BCUT2D eigenvalue weighted by atomic mass is 9.99. The Morgan fingerprint density at radius 2 is 2.00 bits per heavy atom. The summed E-state index contributed by atoms with van der Waals surface area (Å²) in [6, 6.07) is 13.4. The van der Waals surface area contributed by atoms with E-state index in [1.807, 2.05) is 6.07 Å². The van der Waals surface area contributed by atoms with Crippen LogP contribution in [0.2, 0.25) is 0 Å². The lowest BCUT2D eigenvalue weighted by Gasteiger charge is -2.13. The van der Waals surface area contributed by atoms with Crippen molar-refractivity contribution in [1.82, 2.24) is 0 Å². The third-order valence-corrected chi connectivity index (χ3v) is 3.87. The molecule has 0 aliphatic carbocycles. The molecule has 2 rings (SSSR count). The summed E-state index contributed by atoms with van der Waals surface area (Å²) in [6.45, 7) is 2.08. The van der Waals surface area contributed by atoms with E-state index in [-0.39, 0.29) is 11.9 Å². The topological polar surface area (TPSA) is 26.0 Å². The summed E-state index contributed by atoms with van der Waals surface area (Å²) in [4.78, 5) is 0. The molecule has 1 atom stereocenters. The fraction of sp³-hybridized carbons (Fsp3) is 0.294. The number of hydrogen-bond donors (Lipinski definition) is 1. The molecule has 1 nitrogen and oxygen atoms in total. The van der Waals surface area contributed by atoms with Gasteiger partial charge in [0, 0.05) is 10.5 Å². The number of halogens is 2. The van der Waals surface area contributed by atoms with Crippen molar-refractivity contribution in [3.8, 4) is 0 Å². The molecule has 0 spiro atoms. The summed E-state index contributed by atoms with van der Waals surface area (Å²) in [5.74, 6) is -0.181. The predicted molar refractivity (Wildman–Crippen MR) is 85.3 cm³/mol. The van der Waals surface area contributed by atoms with Crippen LogP contribution >= 0.6 is 15.9 Å². The second-order valence-electron chi connectivity index (χ2n) is 5.23. The second kappa shape index (κ2) is 7.00. The summed E-state index contributed by atoms with van der Waals surface area (Å²) in [5, 5.41) is 0. The van der Waals surface area contributed by atoms with E-state index in [1.165, 1.54) is 17.2 Å².